The van der Waals surface area contributed by atoms with Crippen molar-refractivity contribution in [1.82, 2.24) is 0 Å². The van der Waals surface area contributed by atoms with E-state index in [1.54, 1.807) is 0 Å². The molecule has 1 aromatic carbocycles. The summed E-state index contributed by atoms with van der Waals surface area (Å²) in [7, 11) is 0. The van der Waals surface area contributed by atoms with Crippen LogP contribution in [0, 0.1) is 6.92 Å². The monoisotopic (exact) mass is 388 g/mol. The van der Waals surface area contributed by atoms with Gasteiger partial charge in [0.05, 0.1) is 13.2 Å². The lowest BCUT2D eigenvalue weighted by Gasteiger charge is -2.15. The van der Waals surface area contributed by atoms with E-state index in [2.05, 4.69) is 45.1 Å². The van der Waals surface area contributed by atoms with Gasteiger partial charge in [0.15, 0.2) is 0 Å². The Balaban J connectivity index is 2.46. The summed E-state index contributed by atoms with van der Waals surface area (Å²) >= 11 is 0. The van der Waals surface area contributed by atoms with Gasteiger partial charge in [-0.15, -0.1) is 0 Å². The maximum absolute atomic E-state index is 6.11. The van der Waals surface area contributed by atoms with Crippen molar-refractivity contribution in [2.75, 3.05) is 13.2 Å². The van der Waals surface area contributed by atoms with E-state index < -0.39 is 0 Å². The standard InChI is InChI=1S/C26H44O2/c1-5-8-10-12-14-16-19-27-25-22-24(18-7-3)26(21-23(25)4)28-20-17-15-13-11-9-6-2/h7,18,21-22H,5-6,8-17,19-20H2,1-4H3. The van der Waals surface area contributed by atoms with E-state index in [1.165, 1.54) is 64.2 Å². The SMILES string of the molecule is CC=Cc1cc(OCCCCCCCC)c(C)cc1OCCCCCCCC. The molecule has 0 aromatic heterocycles. The summed E-state index contributed by atoms with van der Waals surface area (Å²) < 4.78 is 12.2. The van der Waals surface area contributed by atoms with Crippen LogP contribution in [0.1, 0.15) is 109 Å². The van der Waals surface area contributed by atoms with Crippen molar-refractivity contribution in [3.63, 3.8) is 0 Å². The molecule has 0 aliphatic carbocycles. The Bertz CT molecular complexity index is 533. The summed E-state index contributed by atoms with van der Waals surface area (Å²) in [4.78, 5) is 0. The number of allylic oxidation sites excluding steroid dienone is 1. The van der Waals surface area contributed by atoms with E-state index in [1.807, 2.05) is 6.92 Å². The third-order valence-electron chi connectivity index (χ3n) is 5.16. The second-order valence-corrected chi connectivity index (χ2v) is 7.89. The van der Waals surface area contributed by atoms with Gasteiger partial charge in [0.1, 0.15) is 11.5 Å². The van der Waals surface area contributed by atoms with E-state index in [-0.39, 0.29) is 0 Å². The van der Waals surface area contributed by atoms with Crippen molar-refractivity contribution in [1.29, 1.82) is 0 Å². The van der Waals surface area contributed by atoms with Gasteiger partial charge >= 0.3 is 0 Å². The molecule has 0 saturated carbocycles. The molecule has 0 N–H and O–H groups in total. The lowest BCUT2D eigenvalue weighted by molar-refractivity contribution is 0.294. The molecule has 0 amide bonds. The summed E-state index contributed by atoms with van der Waals surface area (Å²) in [5.41, 5.74) is 2.29. The van der Waals surface area contributed by atoms with Crippen molar-refractivity contribution >= 4 is 6.08 Å². The van der Waals surface area contributed by atoms with Crippen LogP contribution < -0.4 is 9.47 Å². The molecule has 1 rings (SSSR count). The molecule has 0 fully saturated rings. The van der Waals surface area contributed by atoms with Crippen LogP contribution in [-0.4, -0.2) is 13.2 Å². The van der Waals surface area contributed by atoms with Gasteiger partial charge in [-0.25, -0.2) is 0 Å². The molecule has 2 nitrogen and oxygen atoms in total. The fourth-order valence-electron chi connectivity index (χ4n) is 3.40. The molecular weight excluding hydrogens is 344 g/mol. The van der Waals surface area contributed by atoms with Crippen molar-refractivity contribution < 1.29 is 9.47 Å². The fourth-order valence-corrected chi connectivity index (χ4v) is 3.40. The van der Waals surface area contributed by atoms with Crippen LogP contribution in [0.2, 0.25) is 0 Å². The van der Waals surface area contributed by atoms with Crippen LogP contribution in [0.5, 0.6) is 11.5 Å². The Kier molecular flexibility index (Phi) is 14.5. The van der Waals surface area contributed by atoms with Crippen LogP contribution in [0.3, 0.4) is 0 Å². The van der Waals surface area contributed by atoms with Crippen LogP contribution in [-0.2, 0) is 0 Å². The smallest absolute Gasteiger partial charge is 0.127 e. The quantitative estimate of drug-likeness (QED) is 0.249. The van der Waals surface area contributed by atoms with Crippen molar-refractivity contribution in [2.45, 2.75) is 105 Å². The third-order valence-corrected chi connectivity index (χ3v) is 5.16. The molecule has 0 aliphatic rings. The second kappa shape index (κ2) is 16.5. The van der Waals surface area contributed by atoms with E-state index in [9.17, 15) is 0 Å². The Labute approximate surface area is 174 Å². The van der Waals surface area contributed by atoms with Gasteiger partial charge < -0.3 is 9.47 Å². The highest BCUT2D eigenvalue weighted by molar-refractivity contribution is 5.61. The lowest BCUT2D eigenvalue weighted by atomic mass is 10.1. The van der Waals surface area contributed by atoms with Gasteiger partial charge in [0.2, 0.25) is 0 Å². The average molecular weight is 389 g/mol. The number of hydrogen-bond donors (Lipinski definition) is 0. The van der Waals surface area contributed by atoms with Crippen molar-refractivity contribution in [2.24, 2.45) is 0 Å². The first-order valence-electron chi connectivity index (χ1n) is 11.8. The number of rotatable bonds is 17. The second-order valence-electron chi connectivity index (χ2n) is 7.89. The number of aryl methyl sites for hydroxylation is 1. The minimum atomic E-state index is 0.800. The van der Waals surface area contributed by atoms with Gasteiger partial charge in [-0.3, -0.25) is 0 Å². The van der Waals surface area contributed by atoms with Gasteiger partial charge in [-0.05, 0) is 44.4 Å². The van der Waals surface area contributed by atoms with E-state index in [0.29, 0.717) is 0 Å². The number of ether oxygens (including phenoxy) is 2. The van der Waals surface area contributed by atoms with Crippen molar-refractivity contribution in [3.8, 4) is 11.5 Å². The first-order chi connectivity index (χ1) is 13.7. The third kappa shape index (κ3) is 10.8. The first kappa shape index (κ1) is 24.6. The predicted octanol–water partition coefficient (Wildman–Crippen LogP) is 8.51. The van der Waals surface area contributed by atoms with Gasteiger partial charge in [0, 0.05) is 5.56 Å². The maximum Gasteiger partial charge on any atom is 0.127 e. The lowest BCUT2D eigenvalue weighted by Crippen LogP contribution is -2.02. The molecule has 0 unspecified atom stereocenters. The number of hydrogen-bond acceptors (Lipinski definition) is 2. The summed E-state index contributed by atoms with van der Waals surface area (Å²) in [5, 5.41) is 0. The molecular formula is C26H44O2. The Morgan fingerprint density at radius 3 is 1.71 bits per heavy atom. The van der Waals surface area contributed by atoms with Crippen LogP contribution in [0.4, 0.5) is 0 Å². The highest BCUT2D eigenvalue weighted by Gasteiger charge is 2.08. The molecule has 160 valence electrons. The summed E-state index contributed by atoms with van der Waals surface area (Å²) in [6, 6.07) is 4.28. The Morgan fingerprint density at radius 2 is 1.18 bits per heavy atom. The Hall–Kier alpha value is -1.44. The van der Waals surface area contributed by atoms with Gasteiger partial charge in [-0.1, -0.05) is 90.2 Å². The molecule has 0 heterocycles. The molecule has 0 atom stereocenters. The van der Waals surface area contributed by atoms with E-state index in [0.717, 1.165) is 48.7 Å². The highest BCUT2D eigenvalue weighted by atomic mass is 16.5. The van der Waals surface area contributed by atoms with E-state index in [4.69, 9.17) is 9.47 Å². The molecule has 0 bridgehead atoms. The summed E-state index contributed by atoms with van der Waals surface area (Å²) in [6.45, 7) is 10.3. The van der Waals surface area contributed by atoms with Crippen molar-refractivity contribution in [3.05, 3.63) is 29.3 Å². The molecule has 0 spiro atoms. The highest BCUT2D eigenvalue weighted by Crippen LogP contribution is 2.30. The topological polar surface area (TPSA) is 18.5 Å². The molecule has 0 saturated heterocycles. The number of benzene rings is 1. The molecule has 28 heavy (non-hydrogen) atoms. The van der Waals surface area contributed by atoms with Crippen LogP contribution in [0.25, 0.3) is 6.08 Å². The molecule has 2 heteroatoms. The first-order valence-corrected chi connectivity index (χ1v) is 11.8. The number of unbranched alkanes of at least 4 members (excludes halogenated alkanes) is 10. The predicted molar refractivity (Wildman–Crippen MR) is 124 cm³/mol. The normalized spacial score (nSPS) is 11.3. The zero-order valence-electron chi connectivity index (χ0n) is 19.0. The molecule has 1 aromatic rings. The largest absolute Gasteiger partial charge is 0.493 e. The molecule has 0 aliphatic heterocycles. The van der Waals surface area contributed by atoms with Crippen LogP contribution >= 0.6 is 0 Å². The summed E-state index contributed by atoms with van der Waals surface area (Å²) in [5.74, 6) is 1.98. The van der Waals surface area contributed by atoms with Gasteiger partial charge in [-0.2, -0.15) is 0 Å². The fraction of sp³-hybridized carbons (Fsp3) is 0.692. The zero-order valence-corrected chi connectivity index (χ0v) is 19.0. The minimum Gasteiger partial charge on any atom is -0.493 e. The van der Waals surface area contributed by atoms with Gasteiger partial charge in [0.25, 0.3) is 0 Å². The average Bonchev–Trinajstić information content (AvgIpc) is 2.69. The van der Waals surface area contributed by atoms with Crippen LogP contribution in [0.15, 0.2) is 18.2 Å². The van der Waals surface area contributed by atoms with E-state index >= 15 is 0 Å². The molecule has 0 radical (unpaired) electrons. The summed E-state index contributed by atoms with van der Waals surface area (Å²) in [6.07, 6.45) is 19.6. The minimum absolute atomic E-state index is 0.800. The maximum atomic E-state index is 6.11. The Morgan fingerprint density at radius 1 is 0.679 bits per heavy atom. The zero-order chi connectivity index (χ0) is 20.5.